The summed E-state index contributed by atoms with van der Waals surface area (Å²) in [6, 6.07) is 5.72. The molecule has 0 bridgehead atoms. The fourth-order valence-electron chi connectivity index (χ4n) is 1.84. The molecule has 8 heteroatoms. The fourth-order valence-corrected chi connectivity index (χ4v) is 2.40. The molecule has 3 N–H and O–H groups in total. The fraction of sp³-hybridized carbons (Fsp3) is 0.231. The van der Waals surface area contributed by atoms with Gasteiger partial charge in [0.15, 0.2) is 0 Å². The predicted molar refractivity (Wildman–Crippen MR) is 74.9 cm³/mol. The SMILES string of the molecule is Cc1oncc1C(=O)NC(C)c1cccc(S(N)(=O)=O)c1. The van der Waals surface area contributed by atoms with E-state index in [1.807, 2.05) is 0 Å². The van der Waals surface area contributed by atoms with Gasteiger partial charge < -0.3 is 9.84 Å². The van der Waals surface area contributed by atoms with Crippen LogP contribution in [0.4, 0.5) is 0 Å². The third kappa shape index (κ3) is 3.47. The van der Waals surface area contributed by atoms with E-state index in [9.17, 15) is 13.2 Å². The van der Waals surface area contributed by atoms with Gasteiger partial charge in [-0.2, -0.15) is 0 Å². The number of sulfonamides is 1. The number of nitrogens with two attached hydrogens (primary N) is 1. The molecule has 1 amide bonds. The van der Waals surface area contributed by atoms with Gasteiger partial charge in [-0.15, -0.1) is 0 Å². The first-order chi connectivity index (χ1) is 9.79. The number of hydrogen-bond acceptors (Lipinski definition) is 5. The van der Waals surface area contributed by atoms with Gasteiger partial charge in [0.25, 0.3) is 5.91 Å². The molecule has 0 aliphatic carbocycles. The van der Waals surface area contributed by atoms with E-state index >= 15 is 0 Å². The summed E-state index contributed by atoms with van der Waals surface area (Å²) in [4.78, 5) is 12.0. The summed E-state index contributed by atoms with van der Waals surface area (Å²) in [5.41, 5.74) is 0.966. The molecule has 112 valence electrons. The Morgan fingerprint density at radius 1 is 1.43 bits per heavy atom. The highest BCUT2D eigenvalue weighted by Gasteiger charge is 2.17. The Morgan fingerprint density at radius 3 is 2.71 bits per heavy atom. The molecule has 0 fully saturated rings. The zero-order valence-corrected chi connectivity index (χ0v) is 12.3. The molecular weight excluding hydrogens is 294 g/mol. The molecule has 0 aliphatic heterocycles. The van der Waals surface area contributed by atoms with Gasteiger partial charge in [-0.1, -0.05) is 17.3 Å². The maximum atomic E-state index is 12.0. The number of nitrogens with one attached hydrogen (secondary N) is 1. The normalized spacial score (nSPS) is 12.9. The number of carbonyl (C=O) groups excluding carboxylic acids is 1. The van der Waals surface area contributed by atoms with Crippen molar-refractivity contribution >= 4 is 15.9 Å². The highest BCUT2D eigenvalue weighted by molar-refractivity contribution is 7.89. The lowest BCUT2D eigenvalue weighted by atomic mass is 10.1. The number of nitrogens with zero attached hydrogens (tertiary/aromatic N) is 1. The van der Waals surface area contributed by atoms with Crippen molar-refractivity contribution in [3.8, 4) is 0 Å². The molecule has 7 nitrogen and oxygen atoms in total. The summed E-state index contributed by atoms with van der Waals surface area (Å²) in [6.45, 7) is 3.37. The van der Waals surface area contributed by atoms with Crippen molar-refractivity contribution in [2.45, 2.75) is 24.8 Å². The lowest BCUT2D eigenvalue weighted by molar-refractivity contribution is 0.0938. The maximum Gasteiger partial charge on any atom is 0.256 e. The number of primary sulfonamides is 1. The monoisotopic (exact) mass is 309 g/mol. The quantitative estimate of drug-likeness (QED) is 0.878. The Kier molecular flexibility index (Phi) is 4.10. The molecule has 0 spiro atoms. The second-order valence-corrected chi connectivity index (χ2v) is 6.17. The van der Waals surface area contributed by atoms with Gasteiger partial charge >= 0.3 is 0 Å². The second-order valence-electron chi connectivity index (χ2n) is 4.61. The number of aromatic nitrogens is 1. The van der Waals surface area contributed by atoms with Crippen LogP contribution in [0.25, 0.3) is 0 Å². The van der Waals surface area contributed by atoms with Gasteiger partial charge in [-0.05, 0) is 31.5 Å². The van der Waals surface area contributed by atoms with E-state index in [2.05, 4.69) is 10.5 Å². The van der Waals surface area contributed by atoms with E-state index < -0.39 is 16.1 Å². The van der Waals surface area contributed by atoms with E-state index in [1.54, 1.807) is 26.0 Å². The Hall–Kier alpha value is -2.19. The highest BCUT2D eigenvalue weighted by Crippen LogP contribution is 2.17. The molecule has 0 radical (unpaired) electrons. The molecule has 2 rings (SSSR count). The van der Waals surface area contributed by atoms with Crippen molar-refractivity contribution < 1.29 is 17.7 Å². The standard InChI is InChI=1S/C13H15N3O4S/c1-8(16-13(17)12-7-15-20-9(12)2)10-4-3-5-11(6-10)21(14,18)19/h3-8H,1-2H3,(H,16,17)(H2,14,18,19). The van der Waals surface area contributed by atoms with Crippen LogP contribution in [0.15, 0.2) is 39.9 Å². The minimum Gasteiger partial charge on any atom is -0.361 e. The summed E-state index contributed by atoms with van der Waals surface area (Å²) in [7, 11) is -3.77. The minimum absolute atomic E-state index is 0.00209. The van der Waals surface area contributed by atoms with Crippen LogP contribution < -0.4 is 10.5 Å². The van der Waals surface area contributed by atoms with Gasteiger partial charge in [-0.3, -0.25) is 4.79 Å². The topological polar surface area (TPSA) is 115 Å². The van der Waals surface area contributed by atoms with Gasteiger partial charge in [0, 0.05) is 0 Å². The lowest BCUT2D eigenvalue weighted by Crippen LogP contribution is -2.27. The molecular formula is C13H15N3O4S. The van der Waals surface area contributed by atoms with E-state index in [-0.39, 0.29) is 10.8 Å². The van der Waals surface area contributed by atoms with Gasteiger partial charge in [0.2, 0.25) is 10.0 Å². The maximum absolute atomic E-state index is 12.0. The average molecular weight is 309 g/mol. The Labute approximate surface area is 122 Å². The smallest absolute Gasteiger partial charge is 0.256 e. The predicted octanol–water partition coefficient (Wildman–Crippen LogP) is 1.12. The van der Waals surface area contributed by atoms with Gasteiger partial charge in [0.05, 0.1) is 17.1 Å². The molecule has 1 aromatic carbocycles. The average Bonchev–Trinajstić information content (AvgIpc) is 2.84. The number of aryl methyl sites for hydroxylation is 1. The third-order valence-electron chi connectivity index (χ3n) is 3.03. The molecule has 1 heterocycles. The van der Waals surface area contributed by atoms with E-state index in [0.29, 0.717) is 16.9 Å². The van der Waals surface area contributed by atoms with Gasteiger partial charge in [-0.25, -0.2) is 13.6 Å². The summed E-state index contributed by atoms with van der Waals surface area (Å²) in [6.07, 6.45) is 1.33. The van der Waals surface area contributed by atoms with Crippen molar-refractivity contribution in [2.24, 2.45) is 5.14 Å². The number of carbonyl (C=O) groups is 1. The van der Waals surface area contributed by atoms with Crippen LogP contribution >= 0.6 is 0 Å². The van der Waals surface area contributed by atoms with Crippen LogP contribution in [0.3, 0.4) is 0 Å². The van der Waals surface area contributed by atoms with Crippen LogP contribution in [-0.4, -0.2) is 19.5 Å². The Bertz CT molecular complexity index is 767. The van der Waals surface area contributed by atoms with Crippen LogP contribution in [0.1, 0.15) is 34.6 Å². The number of hydrogen-bond donors (Lipinski definition) is 2. The number of amides is 1. The lowest BCUT2D eigenvalue weighted by Gasteiger charge is -2.14. The van der Waals surface area contributed by atoms with Crippen molar-refractivity contribution in [1.29, 1.82) is 0 Å². The third-order valence-corrected chi connectivity index (χ3v) is 3.94. The van der Waals surface area contributed by atoms with Crippen LogP contribution in [0.5, 0.6) is 0 Å². The number of rotatable bonds is 4. The molecule has 1 aromatic heterocycles. The Balaban J connectivity index is 2.19. The molecule has 0 saturated heterocycles. The van der Waals surface area contributed by atoms with Crippen LogP contribution in [0, 0.1) is 6.92 Å². The van der Waals surface area contributed by atoms with Crippen molar-refractivity contribution in [2.75, 3.05) is 0 Å². The first-order valence-corrected chi connectivity index (χ1v) is 7.68. The van der Waals surface area contributed by atoms with Crippen molar-refractivity contribution in [1.82, 2.24) is 10.5 Å². The van der Waals surface area contributed by atoms with Gasteiger partial charge in [0.1, 0.15) is 11.3 Å². The second kappa shape index (κ2) is 5.66. The molecule has 2 aromatic rings. The van der Waals surface area contributed by atoms with Crippen molar-refractivity contribution in [3.05, 3.63) is 47.3 Å². The molecule has 0 saturated carbocycles. The zero-order chi connectivity index (χ0) is 15.6. The molecule has 0 aliphatic rings. The number of benzene rings is 1. The largest absolute Gasteiger partial charge is 0.361 e. The molecule has 1 atom stereocenters. The summed E-state index contributed by atoms with van der Waals surface area (Å²) < 4.78 is 27.5. The van der Waals surface area contributed by atoms with E-state index in [0.717, 1.165) is 0 Å². The summed E-state index contributed by atoms with van der Waals surface area (Å²) >= 11 is 0. The van der Waals surface area contributed by atoms with Crippen molar-refractivity contribution in [3.63, 3.8) is 0 Å². The molecule has 21 heavy (non-hydrogen) atoms. The van der Waals surface area contributed by atoms with Crippen LogP contribution in [0.2, 0.25) is 0 Å². The van der Waals surface area contributed by atoms with E-state index in [1.165, 1.54) is 18.3 Å². The Morgan fingerprint density at radius 2 is 2.14 bits per heavy atom. The zero-order valence-electron chi connectivity index (χ0n) is 11.5. The highest BCUT2D eigenvalue weighted by atomic mass is 32.2. The molecule has 1 unspecified atom stereocenters. The first-order valence-electron chi connectivity index (χ1n) is 6.14. The summed E-state index contributed by atoms with van der Waals surface area (Å²) in [5.74, 6) is 0.0697. The summed E-state index contributed by atoms with van der Waals surface area (Å²) in [5, 5.41) is 11.4. The van der Waals surface area contributed by atoms with E-state index in [4.69, 9.17) is 9.66 Å². The first kappa shape index (κ1) is 15.2. The van der Waals surface area contributed by atoms with Crippen LogP contribution in [-0.2, 0) is 10.0 Å². The minimum atomic E-state index is -3.77.